The monoisotopic (exact) mass is 184 g/mol. The van der Waals surface area contributed by atoms with Crippen molar-refractivity contribution in [3.63, 3.8) is 0 Å². The van der Waals surface area contributed by atoms with Crippen LogP contribution in [0.1, 0.15) is 32.1 Å². The molecule has 2 fully saturated rings. The molecule has 1 saturated heterocycles. The van der Waals surface area contributed by atoms with Crippen LogP contribution in [0.25, 0.3) is 0 Å². The molecular weight excluding hydrogens is 164 g/mol. The fraction of sp³-hybridized carbons (Fsp3) is 1.00. The molecule has 0 bridgehead atoms. The summed E-state index contributed by atoms with van der Waals surface area (Å²) in [6.45, 7) is 2.50. The van der Waals surface area contributed by atoms with Gasteiger partial charge in [0.1, 0.15) is 0 Å². The van der Waals surface area contributed by atoms with E-state index in [4.69, 9.17) is 0 Å². The Kier molecular flexibility index (Phi) is 2.86. The minimum absolute atomic E-state index is 0.0876. The molecule has 0 aromatic rings. The van der Waals surface area contributed by atoms with Crippen LogP contribution in [0.2, 0.25) is 0 Å². The van der Waals surface area contributed by atoms with E-state index in [1.165, 1.54) is 25.8 Å². The SMILES string of the molecule is OCC1(NCC2CCCN2)CCC1. The van der Waals surface area contributed by atoms with Crippen molar-refractivity contribution < 1.29 is 5.11 Å². The van der Waals surface area contributed by atoms with Gasteiger partial charge in [0.15, 0.2) is 0 Å². The molecule has 0 radical (unpaired) electrons. The third kappa shape index (κ3) is 2.03. The lowest BCUT2D eigenvalue weighted by atomic mass is 9.77. The molecular formula is C10H20N2O. The number of aliphatic hydroxyl groups is 1. The first kappa shape index (κ1) is 9.44. The summed E-state index contributed by atoms with van der Waals surface area (Å²) in [5.74, 6) is 0. The molecule has 0 aromatic heterocycles. The van der Waals surface area contributed by atoms with Crippen molar-refractivity contribution in [1.82, 2.24) is 10.6 Å². The molecule has 0 spiro atoms. The summed E-state index contributed by atoms with van der Waals surface area (Å²) in [5, 5.41) is 16.2. The van der Waals surface area contributed by atoms with E-state index >= 15 is 0 Å². The van der Waals surface area contributed by atoms with Crippen LogP contribution in [-0.2, 0) is 0 Å². The van der Waals surface area contributed by atoms with Crippen molar-refractivity contribution in [2.24, 2.45) is 0 Å². The molecule has 2 rings (SSSR count). The van der Waals surface area contributed by atoms with Crippen molar-refractivity contribution in [2.45, 2.75) is 43.7 Å². The largest absolute Gasteiger partial charge is 0.394 e. The zero-order valence-electron chi connectivity index (χ0n) is 8.18. The average Bonchev–Trinajstić information content (AvgIpc) is 2.56. The van der Waals surface area contributed by atoms with Crippen molar-refractivity contribution >= 4 is 0 Å². The Morgan fingerprint density at radius 3 is 2.69 bits per heavy atom. The van der Waals surface area contributed by atoms with Gasteiger partial charge in [-0.3, -0.25) is 0 Å². The fourth-order valence-electron chi connectivity index (χ4n) is 2.26. The van der Waals surface area contributed by atoms with Gasteiger partial charge in [0.05, 0.1) is 6.61 Å². The third-order valence-corrected chi connectivity index (χ3v) is 3.50. The van der Waals surface area contributed by atoms with Crippen LogP contribution in [0.15, 0.2) is 0 Å². The van der Waals surface area contributed by atoms with Gasteiger partial charge in [0.25, 0.3) is 0 Å². The second kappa shape index (κ2) is 3.95. The van der Waals surface area contributed by atoms with Crippen LogP contribution >= 0.6 is 0 Å². The highest BCUT2D eigenvalue weighted by atomic mass is 16.3. The summed E-state index contributed by atoms with van der Waals surface area (Å²) in [7, 11) is 0. The van der Waals surface area contributed by atoms with Gasteiger partial charge >= 0.3 is 0 Å². The molecule has 3 nitrogen and oxygen atoms in total. The summed E-state index contributed by atoms with van der Waals surface area (Å²) in [4.78, 5) is 0. The summed E-state index contributed by atoms with van der Waals surface area (Å²) in [6, 6.07) is 0.643. The minimum Gasteiger partial charge on any atom is -0.394 e. The smallest absolute Gasteiger partial charge is 0.0613 e. The topological polar surface area (TPSA) is 44.3 Å². The first-order chi connectivity index (χ1) is 6.35. The molecule has 2 aliphatic rings. The lowest BCUT2D eigenvalue weighted by molar-refractivity contribution is 0.0869. The Morgan fingerprint density at radius 2 is 2.23 bits per heavy atom. The van der Waals surface area contributed by atoms with E-state index in [2.05, 4.69) is 10.6 Å². The summed E-state index contributed by atoms with van der Waals surface area (Å²) < 4.78 is 0. The molecule has 1 unspecified atom stereocenters. The predicted octanol–water partition coefficient (Wildman–Crippen LogP) is 0.243. The number of rotatable bonds is 4. The summed E-state index contributed by atoms with van der Waals surface area (Å²) in [5.41, 5.74) is 0.0876. The number of nitrogens with one attached hydrogen (secondary N) is 2. The van der Waals surface area contributed by atoms with Crippen LogP contribution in [0.3, 0.4) is 0 Å². The third-order valence-electron chi connectivity index (χ3n) is 3.50. The second-order valence-corrected chi connectivity index (χ2v) is 4.47. The number of hydrogen-bond acceptors (Lipinski definition) is 3. The van der Waals surface area contributed by atoms with Crippen molar-refractivity contribution in [3.8, 4) is 0 Å². The van der Waals surface area contributed by atoms with Gasteiger partial charge in [-0.15, -0.1) is 0 Å². The van der Waals surface area contributed by atoms with E-state index in [1.807, 2.05) is 0 Å². The molecule has 0 aromatic carbocycles. The zero-order chi connectivity index (χ0) is 9.15. The highest BCUT2D eigenvalue weighted by Crippen LogP contribution is 2.31. The standard InChI is InChI=1S/C10H20N2O/c13-8-10(4-2-5-10)12-7-9-3-1-6-11-9/h9,11-13H,1-8H2. The number of aliphatic hydroxyl groups excluding tert-OH is 1. The Labute approximate surface area is 79.9 Å². The van der Waals surface area contributed by atoms with Gasteiger partial charge in [-0.2, -0.15) is 0 Å². The molecule has 3 heteroatoms. The van der Waals surface area contributed by atoms with E-state index < -0.39 is 0 Å². The highest BCUT2D eigenvalue weighted by molar-refractivity contribution is 4.96. The lowest BCUT2D eigenvalue weighted by Gasteiger charge is -2.42. The highest BCUT2D eigenvalue weighted by Gasteiger charge is 2.36. The van der Waals surface area contributed by atoms with Crippen LogP contribution in [-0.4, -0.2) is 36.4 Å². The van der Waals surface area contributed by atoms with Gasteiger partial charge in [-0.05, 0) is 38.6 Å². The average molecular weight is 184 g/mol. The molecule has 1 heterocycles. The van der Waals surface area contributed by atoms with Crippen LogP contribution in [0.4, 0.5) is 0 Å². The maximum absolute atomic E-state index is 9.23. The number of hydrogen-bond donors (Lipinski definition) is 3. The molecule has 1 atom stereocenters. The fourth-order valence-corrected chi connectivity index (χ4v) is 2.26. The molecule has 0 amide bonds. The molecule has 3 N–H and O–H groups in total. The Hall–Kier alpha value is -0.120. The normalized spacial score (nSPS) is 31.6. The van der Waals surface area contributed by atoms with Gasteiger partial charge in [-0.25, -0.2) is 0 Å². The minimum atomic E-state index is 0.0876. The van der Waals surface area contributed by atoms with E-state index in [-0.39, 0.29) is 5.54 Å². The summed E-state index contributed by atoms with van der Waals surface area (Å²) >= 11 is 0. The van der Waals surface area contributed by atoms with Gasteiger partial charge < -0.3 is 15.7 Å². The van der Waals surface area contributed by atoms with E-state index in [9.17, 15) is 5.11 Å². The molecule has 76 valence electrons. The second-order valence-electron chi connectivity index (χ2n) is 4.47. The van der Waals surface area contributed by atoms with Crippen LogP contribution in [0, 0.1) is 0 Å². The first-order valence-corrected chi connectivity index (χ1v) is 5.44. The van der Waals surface area contributed by atoms with Crippen LogP contribution < -0.4 is 10.6 Å². The summed E-state index contributed by atoms with van der Waals surface area (Å²) in [6.07, 6.45) is 6.16. The van der Waals surface area contributed by atoms with Gasteiger partial charge in [-0.1, -0.05) is 0 Å². The zero-order valence-corrected chi connectivity index (χ0v) is 8.18. The molecule has 1 saturated carbocycles. The van der Waals surface area contributed by atoms with E-state index in [0.717, 1.165) is 19.4 Å². The predicted molar refractivity (Wildman–Crippen MR) is 52.7 cm³/mol. The van der Waals surface area contributed by atoms with Crippen LogP contribution in [0.5, 0.6) is 0 Å². The van der Waals surface area contributed by atoms with Crippen molar-refractivity contribution in [1.29, 1.82) is 0 Å². The Morgan fingerprint density at radius 1 is 1.38 bits per heavy atom. The lowest BCUT2D eigenvalue weighted by Crippen LogP contribution is -2.56. The van der Waals surface area contributed by atoms with Gasteiger partial charge in [0, 0.05) is 18.1 Å². The first-order valence-electron chi connectivity index (χ1n) is 5.44. The molecule has 13 heavy (non-hydrogen) atoms. The van der Waals surface area contributed by atoms with E-state index in [0.29, 0.717) is 12.6 Å². The Balaban J connectivity index is 1.71. The molecule has 1 aliphatic heterocycles. The Bertz CT molecular complexity index is 157. The van der Waals surface area contributed by atoms with Crippen molar-refractivity contribution in [3.05, 3.63) is 0 Å². The maximum atomic E-state index is 9.23. The molecule has 1 aliphatic carbocycles. The van der Waals surface area contributed by atoms with Gasteiger partial charge in [0.2, 0.25) is 0 Å². The van der Waals surface area contributed by atoms with E-state index in [1.54, 1.807) is 0 Å². The van der Waals surface area contributed by atoms with Crippen molar-refractivity contribution in [2.75, 3.05) is 19.7 Å². The quantitative estimate of drug-likeness (QED) is 0.586. The maximum Gasteiger partial charge on any atom is 0.0613 e.